The van der Waals surface area contributed by atoms with E-state index in [-0.39, 0.29) is 21.6 Å². The van der Waals surface area contributed by atoms with Gasteiger partial charge in [0.2, 0.25) is 0 Å². The van der Waals surface area contributed by atoms with Gasteiger partial charge in [0.05, 0.1) is 9.65 Å². The smallest absolute Gasteiger partial charge is 0.303 e. The monoisotopic (exact) mass is 430 g/mol. The van der Waals surface area contributed by atoms with Crippen molar-refractivity contribution < 1.29 is 19.1 Å². The number of benzene rings is 1. The quantitative estimate of drug-likeness (QED) is 0.543. The molecule has 0 saturated heterocycles. The van der Waals surface area contributed by atoms with Crippen molar-refractivity contribution in [2.75, 3.05) is 0 Å². The molecule has 1 aromatic carbocycles. The third-order valence-corrected chi connectivity index (χ3v) is 6.11. The van der Waals surface area contributed by atoms with Crippen LogP contribution in [-0.4, -0.2) is 33.8 Å². The molecule has 0 radical (unpaired) electrons. The zero-order valence-electron chi connectivity index (χ0n) is 12.2. The summed E-state index contributed by atoms with van der Waals surface area (Å²) in [6, 6.07) is 9.59. The van der Waals surface area contributed by atoms with E-state index in [2.05, 4.69) is 31.9 Å². The van der Waals surface area contributed by atoms with E-state index in [1.807, 2.05) is 36.4 Å². The first-order valence-electron chi connectivity index (χ1n) is 6.80. The van der Waals surface area contributed by atoms with Gasteiger partial charge in [0.15, 0.2) is 0 Å². The number of carbonyl (C=O) groups is 2. The minimum absolute atomic E-state index is 0.201. The molecular formula is C16H16Br2O4. The van der Waals surface area contributed by atoms with Crippen LogP contribution in [0.1, 0.15) is 19.4 Å². The molecule has 0 heterocycles. The third-order valence-electron chi connectivity index (χ3n) is 3.26. The maximum atomic E-state index is 11.4. The highest BCUT2D eigenvalue weighted by Gasteiger charge is 2.41. The Hall–Kier alpha value is -1.14. The number of rotatable bonds is 3. The maximum absolute atomic E-state index is 11.4. The average molecular weight is 432 g/mol. The Bertz CT molecular complexity index is 585. The summed E-state index contributed by atoms with van der Waals surface area (Å²) in [6.45, 7) is 2.75. The molecule has 0 aromatic heterocycles. The summed E-state index contributed by atoms with van der Waals surface area (Å²) < 4.78 is 10.8. The molecule has 1 aliphatic rings. The Labute approximate surface area is 146 Å². The summed E-state index contributed by atoms with van der Waals surface area (Å²) in [7, 11) is 0. The summed E-state index contributed by atoms with van der Waals surface area (Å²) >= 11 is 7.08. The van der Waals surface area contributed by atoms with Crippen LogP contribution in [0.2, 0.25) is 0 Å². The predicted octanol–water partition coefficient (Wildman–Crippen LogP) is 3.47. The van der Waals surface area contributed by atoms with Gasteiger partial charge in [0.1, 0.15) is 12.2 Å². The highest BCUT2D eigenvalue weighted by molar-refractivity contribution is 9.12. The van der Waals surface area contributed by atoms with Crippen LogP contribution >= 0.6 is 31.9 Å². The van der Waals surface area contributed by atoms with Crippen LogP contribution in [0.25, 0.3) is 5.57 Å². The van der Waals surface area contributed by atoms with Gasteiger partial charge in [0.25, 0.3) is 0 Å². The van der Waals surface area contributed by atoms with Crippen LogP contribution in [0.3, 0.4) is 0 Å². The lowest BCUT2D eigenvalue weighted by molar-refractivity contribution is -0.147. The molecule has 22 heavy (non-hydrogen) atoms. The van der Waals surface area contributed by atoms with Crippen LogP contribution < -0.4 is 0 Å². The first-order chi connectivity index (χ1) is 10.4. The minimum atomic E-state index is -0.462. The van der Waals surface area contributed by atoms with Gasteiger partial charge < -0.3 is 9.47 Å². The number of hydrogen-bond donors (Lipinski definition) is 0. The van der Waals surface area contributed by atoms with E-state index in [1.165, 1.54) is 13.8 Å². The van der Waals surface area contributed by atoms with Crippen molar-refractivity contribution >= 4 is 49.4 Å². The highest BCUT2D eigenvalue weighted by Crippen LogP contribution is 2.38. The molecule has 0 saturated carbocycles. The molecule has 4 atom stereocenters. The Morgan fingerprint density at radius 2 is 1.55 bits per heavy atom. The van der Waals surface area contributed by atoms with Gasteiger partial charge in [-0.25, -0.2) is 0 Å². The molecule has 0 unspecified atom stereocenters. The first-order valence-corrected chi connectivity index (χ1v) is 8.63. The normalized spacial score (nSPS) is 27.7. The number of esters is 2. The molecular weight excluding hydrogens is 416 g/mol. The van der Waals surface area contributed by atoms with E-state index in [0.29, 0.717) is 0 Å². The summed E-state index contributed by atoms with van der Waals surface area (Å²) in [5, 5.41) is 0. The minimum Gasteiger partial charge on any atom is -0.457 e. The van der Waals surface area contributed by atoms with E-state index in [9.17, 15) is 9.59 Å². The summed E-state index contributed by atoms with van der Waals surface area (Å²) in [6.07, 6.45) is 0.932. The van der Waals surface area contributed by atoms with Crippen LogP contribution in [0, 0.1) is 0 Å². The van der Waals surface area contributed by atoms with Crippen molar-refractivity contribution in [2.24, 2.45) is 0 Å². The van der Waals surface area contributed by atoms with Crippen molar-refractivity contribution in [1.82, 2.24) is 0 Å². The molecule has 4 nitrogen and oxygen atoms in total. The number of ether oxygens (including phenoxy) is 2. The molecule has 118 valence electrons. The fourth-order valence-corrected chi connectivity index (χ4v) is 3.60. The van der Waals surface area contributed by atoms with E-state index < -0.39 is 12.2 Å². The van der Waals surface area contributed by atoms with Crippen LogP contribution in [0.4, 0.5) is 0 Å². The molecule has 1 aliphatic carbocycles. The van der Waals surface area contributed by atoms with Crippen molar-refractivity contribution in [1.29, 1.82) is 0 Å². The maximum Gasteiger partial charge on any atom is 0.303 e. The van der Waals surface area contributed by atoms with Gasteiger partial charge in [0, 0.05) is 19.4 Å². The Kier molecular flexibility index (Phi) is 5.81. The Balaban J connectivity index is 2.44. The molecule has 0 aliphatic heterocycles. The second kappa shape index (κ2) is 7.42. The van der Waals surface area contributed by atoms with Crippen molar-refractivity contribution in [3.63, 3.8) is 0 Å². The molecule has 0 amide bonds. The SMILES string of the molecule is CC(=O)O[C@H]1C=C(c2ccccc2)[C@H](OC(C)=O)[C@@H](Br)[C@@H]1Br. The predicted molar refractivity (Wildman–Crippen MR) is 91.0 cm³/mol. The number of hydrogen-bond acceptors (Lipinski definition) is 4. The first kappa shape index (κ1) is 17.2. The van der Waals surface area contributed by atoms with Crippen LogP contribution in [0.5, 0.6) is 0 Å². The Morgan fingerprint density at radius 3 is 2.09 bits per heavy atom. The van der Waals surface area contributed by atoms with Gasteiger partial charge >= 0.3 is 11.9 Å². The van der Waals surface area contributed by atoms with Crippen molar-refractivity contribution in [2.45, 2.75) is 35.7 Å². The molecule has 1 aromatic rings. The lowest BCUT2D eigenvalue weighted by Gasteiger charge is -2.36. The largest absolute Gasteiger partial charge is 0.457 e. The molecule has 6 heteroatoms. The molecule has 2 rings (SSSR count). The van der Waals surface area contributed by atoms with Crippen LogP contribution in [0.15, 0.2) is 36.4 Å². The van der Waals surface area contributed by atoms with Gasteiger partial charge in [-0.05, 0) is 11.6 Å². The summed E-state index contributed by atoms with van der Waals surface area (Å²) in [5.41, 5.74) is 1.74. The molecule has 0 spiro atoms. The van der Waals surface area contributed by atoms with E-state index in [1.54, 1.807) is 0 Å². The third kappa shape index (κ3) is 3.98. The van der Waals surface area contributed by atoms with Gasteiger partial charge in [-0.1, -0.05) is 62.2 Å². The zero-order chi connectivity index (χ0) is 16.3. The van der Waals surface area contributed by atoms with E-state index in [4.69, 9.17) is 9.47 Å². The van der Waals surface area contributed by atoms with Gasteiger partial charge in [-0.2, -0.15) is 0 Å². The van der Waals surface area contributed by atoms with Gasteiger partial charge in [-0.15, -0.1) is 0 Å². The molecule has 0 N–H and O–H groups in total. The van der Waals surface area contributed by atoms with Crippen LogP contribution in [-0.2, 0) is 19.1 Å². The van der Waals surface area contributed by atoms with E-state index in [0.717, 1.165) is 11.1 Å². The lowest BCUT2D eigenvalue weighted by Crippen LogP contribution is -2.44. The average Bonchev–Trinajstić information content (AvgIpc) is 2.47. The highest BCUT2D eigenvalue weighted by atomic mass is 79.9. The second-order valence-corrected chi connectivity index (χ2v) is 7.10. The number of alkyl halides is 2. The topological polar surface area (TPSA) is 52.6 Å². The fraction of sp³-hybridized carbons (Fsp3) is 0.375. The molecule has 0 bridgehead atoms. The zero-order valence-corrected chi connectivity index (χ0v) is 15.3. The number of halogens is 2. The van der Waals surface area contributed by atoms with Gasteiger partial charge in [-0.3, -0.25) is 9.59 Å². The summed E-state index contributed by atoms with van der Waals surface area (Å²) in [5.74, 6) is -0.717. The van der Waals surface area contributed by atoms with Crippen molar-refractivity contribution in [3.8, 4) is 0 Å². The summed E-state index contributed by atoms with van der Waals surface area (Å²) in [4.78, 5) is 22.3. The number of carbonyl (C=O) groups excluding carboxylic acids is 2. The van der Waals surface area contributed by atoms with Crippen molar-refractivity contribution in [3.05, 3.63) is 42.0 Å². The van der Waals surface area contributed by atoms with E-state index >= 15 is 0 Å². The fourth-order valence-electron chi connectivity index (χ4n) is 2.37. The Morgan fingerprint density at radius 1 is 0.955 bits per heavy atom. The lowest BCUT2D eigenvalue weighted by atomic mass is 9.89. The standard InChI is InChI=1S/C16H16Br2O4/c1-9(19)21-13-8-12(11-6-4-3-5-7-11)16(22-10(2)20)15(18)14(13)17/h3-8,13-16H,1-2H3/t13-,14+,15-,16-/m0/s1. The molecule has 0 fully saturated rings. The second-order valence-electron chi connectivity index (χ2n) is 4.98.